The van der Waals surface area contributed by atoms with Gasteiger partial charge in [0.15, 0.2) is 5.71 Å². The summed E-state index contributed by atoms with van der Waals surface area (Å²) in [6.45, 7) is 14.1. The predicted molar refractivity (Wildman–Crippen MR) is 229 cm³/mol. The van der Waals surface area contributed by atoms with Gasteiger partial charge < -0.3 is 19.8 Å². The van der Waals surface area contributed by atoms with Crippen molar-refractivity contribution in [2.24, 2.45) is 5.92 Å². The van der Waals surface area contributed by atoms with Gasteiger partial charge in [0.25, 0.3) is 16.6 Å². The molecule has 3 aromatic carbocycles. The highest BCUT2D eigenvalue weighted by atomic mass is 32.2. The number of hydrogen-bond donors (Lipinski definition) is 3. The summed E-state index contributed by atoms with van der Waals surface area (Å²) in [5.74, 6) is -2.68. The van der Waals surface area contributed by atoms with Crippen molar-refractivity contribution in [3.63, 3.8) is 0 Å². The van der Waals surface area contributed by atoms with Gasteiger partial charge in [-0.25, -0.2) is 4.79 Å². The van der Waals surface area contributed by atoms with Gasteiger partial charge in [-0.3, -0.25) is 14.1 Å². The molecular formula is C47H53N2O9S+. The van der Waals surface area contributed by atoms with Crippen LogP contribution in [0, 0.1) is 12.8 Å². The molecule has 1 atom stereocenters. The van der Waals surface area contributed by atoms with Crippen molar-refractivity contribution in [3.8, 4) is 5.75 Å². The quantitative estimate of drug-likeness (QED) is 0.0768. The van der Waals surface area contributed by atoms with Crippen LogP contribution in [0.3, 0.4) is 0 Å². The number of fused-ring (bicyclic) bond motifs is 2. The molecule has 0 amide bonds. The van der Waals surface area contributed by atoms with Gasteiger partial charge in [-0.2, -0.15) is 13.0 Å². The van der Waals surface area contributed by atoms with Gasteiger partial charge in [-0.1, -0.05) is 69.2 Å². The summed E-state index contributed by atoms with van der Waals surface area (Å²) in [6, 6.07) is 18.4. The monoisotopic (exact) mass is 821 g/mol. The standard InChI is InChI=1S/C47H52N2O9S/c1-7-8-22-48-40-19-17-36(58-29-50)28-38(40)47(5,6)42(48)21-16-34-27-35(45(53)54)26-33(43(34)31-11-13-32(14-12-31)44(51)52)15-20-41-46(3,4)37-25-30(2)10-18-39(37)49(41)23-9-24-59(55,56)57/h10-21,25,28-29,35H,7-9,22-24,26-27H2,1-6H3,(H2-,51,52,53,54,55,56,57)/p+1. The fourth-order valence-corrected chi connectivity index (χ4v) is 9.27. The third-order valence-electron chi connectivity index (χ3n) is 11.8. The van der Waals surface area contributed by atoms with Gasteiger partial charge in [0.1, 0.15) is 12.3 Å². The minimum atomic E-state index is -4.18. The number of anilines is 1. The summed E-state index contributed by atoms with van der Waals surface area (Å²) < 4.78 is 40.5. The molecule has 1 aliphatic carbocycles. The Morgan fingerprint density at radius 1 is 0.915 bits per heavy atom. The molecule has 2 aliphatic heterocycles. The smallest absolute Gasteiger partial charge is 0.335 e. The Morgan fingerprint density at radius 2 is 1.64 bits per heavy atom. The number of benzene rings is 3. The van der Waals surface area contributed by atoms with Gasteiger partial charge in [0.2, 0.25) is 5.69 Å². The molecule has 310 valence electrons. The summed E-state index contributed by atoms with van der Waals surface area (Å²) in [5.41, 5.74) is 9.20. The number of aryl methyl sites for hydroxylation is 1. The Labute approximate surface area is 346 Å². The van der Waals surface area contributed by atoms with E-state index in [0.29, 0.717) is 18.8 Å². The number of hydrogen-bond acceptors (Lipinski definition) is 7. The Balaban J connectivity index is 1.54. The molecule has 0 bridgehead atoms. The lowest BCUT2D eigenvalue weighted by atomic mass is 9.76. The van der Waals surface area contributed by atoms with Crippen molar-refractivity contribution in [2.75, 3.05) is 23.7 Å². The summed E-state index contributed by atoms with van der Waals surface area (Å²) in [4.78, 5) is 38.1. The lowest BCUT2D eigenvalue weighted by Gasteiger charge is -2.29. The average molecular weight is 822 g/mol. The van der Waals surface area contributed by atoms with E-state index in [9.17, 15) is 37.6 Å². The van der Waals surface area contributed by atoms with E-state index in [2.05, 4.69) is 56.2 Å². The normalized spacial score (nSPS) is 19.8. The van der Waals surface area contributed by atoms with Crippen LogP contribution in [-0.2, 0) is 30.5 Å². The van der Waals surface area contributed by atoms with Crippen molar-refractivity contribution in [2.45, 2.75) is 84.5 Å². The third-order valence-corrected chi connectivity index (χ3v) is 12.6. The Morgan fingerprint density at radius 3 is 2.29 bits per heavy atom. The Bertz CT molecular complexity index is 2450. The summed E-state index contributed by atoms with van der Waals surface area (Å²) in [7, 11) is -4.18. The number of aromatic carboxylic acids is 1. The lowest BCUT2D eigenvalue weighted by Crippen LogP contribution is -2.28. The first-order valence-electron chi connectivity index (χ1n) is 20.0. The number of aliphatic carboxylic acids is 1. The van der Waals surface area contributed by atoms with Gasteiger partial charge >= 0.3 is 11.9 Å². The number of nitrogens with zero attached hydrogens (tertiary/aromatic N) is 2. The predicted octanol–water partition coefficient (Wildman–Crippen LogP) is 8.80. The number of carbonyl (C=O) groups excluding carboxylic acids is 1. The molecule has 0 saturated carbocycles. The van der Waals surface area contributed by atoms with E-state index in [0.717, 1.165) is 81.1 Å². The summed E-state index contributed by atoms with van der Waals surface area (Å²) in [5, 5.41) is 20.3. The highest BCUT2D eigenvalue weighted by molar-refractivity contribution is 7.85. The van der Waals surface area contributed by atoms with Crippen molar-refractivity contribution in [3.05, 3.63) is 130 Å². The first-order chi connectivity index (χ1) is 27.9. The third kappa shape index (κ3) is 8.89. The highest BCUT2D eigenvalue weighted by Crippen LogP contribution is 2.49. The molecule has 2 heterocycles. The van der Waals surface area contributed by atoms with Crippen LogP contribution in [0.1, 0.15) is 99.3 Å². The van der Waals surface area contributed by atoms with Crippen molar-refractivity contribution in [1.82, 2.24) is 0 Å². The van der Waals surface area contributed by atoms with Crippen molar-refractivity contribution < 1.29 is 46.9 Å². The number of carboxylic acid groups (broad SMARTS) is 2. The molecule has 3 aliphatic rings. The second-order valence-corrected chi connectivity index (χ2v) is 18.2. The molecule has 11 nitrogen and oxygen atoms in total. The zero-order valence-corrected chi connectivity index (χ0v) is 35.3. The van der Waals surface area contributed by atoms with Crippen LogP contribution in [0.15, 0.2) is 102 Å². The van der Waals surface area contributed by atoms with Crippen LogP contribution in [0.4, 0.5) is 11.4 Å². The van der Waals surface area contributed by atoms with Crippen LogP contribution in [0.5, 0.6) is 5.75 Å². The largest absolute Gasteiger partial charge is 0.481 e. The topological polar surface area (TPSA) is 162 Å². The number of carboxylic acids is 2. The van der Waals surface area contributed by atoms with Gasteiger partial charge in [0.05, 0.1) is 22.6 Å². The van der Waals surface area contributed by atoms with Crippen LogP contribution >= 0.6 is 0 Å². The van der Waals surface area contributed by atoms with Crippen molar-refractivity contribution >= 4 is 51.2 Å². The van der Waals surface area contributed by atoms with Crippen LogP contribution in [0.25, 0.3) is 5.57 Å². The van der Waals surface area contributed by atoms with E-state index >= 15 is 0 Å². The average Bonchev–Trinajstić information content (AvgIpc) is 3.51. The molecule has 0 aromatic heterocycles. The lowest BCUT2D eigenvalue weighted by molar-refractivity contribution is -0.438. The highest BCUT2D eigenvalue weighted by Gasteiger charge is 2.45. The van der Waals surface area contributed by atoms with Crippen LogP contribution < -0.4 is 9.64 Å². The minimum Gasteiger partial charge on any atom is -0.481 e. The van der Waals surface area contributed by atoms with Crippen molar-refractivity contribution in [1.29, 1.82) is 0 Å². The maximum absolute atomic E-state index is 12.9. The number of ether oxygens (including phenoxy) is 1. The molecule has 6 rings (SSSR count). The minimum absolute atomic E-state index is 0.130. The molecular weight excluding hydrogens is 769 g/mol. The van der Waals surface area contributed by atoms with E-state index in [-0.39, 0.29) is 30.6 Å². The van der Waals surface area contributed by atoms with Gasteiger partial charge in [0, 0.05) is 47.5 Å². The SMILES string of the molecule is CCCC[N+]1=C(/C=C/C2=C(c3ccc(C(=O)O)cc3)C(=C/C=C3/N(CCCS(=O)(=O)O)c4ccc(C)cc4C3(C)C)/CC(C(=O)O)C2)C(C)(C)c2cc(OC=O)ccc21. The maximum Gasteiger partial charge on any atom is 0.335 e. The van der Waals surface area contributed by atoms with E-state index in [1.807, 2.05) is 49.4 Å². The van der Waals surface area contributed by atoms with E-state index in [4.69, 9.17) is 4.74 Å². The van der Waals surface area contributed by atoms with E-state index in [1.165, 1.54) is 0 Å². The second-order valence-electron chi connectivity index (χ2n) is 16.6. The zero-order valence-electron chi connectivity index (χ0n) is 34.5. The number of rotatable bonds is 15. The summed E-state index contributed by atoms with van der Waals surface area (Å²) in [6.07, 6.45) is 10.6. The molecule has 0 fully saturated rings. The molecule has 3 N–H and O–H groups in total. The molecule has 12 heteroatoms. The first kappa shape index (κ1) is 43.0. The van der Waals surface area contributed by atoms with E-state index in [1.54, 1.807) is 30.3 Å². The van der Waals surface area contributed by atoms with E-state index < -0.39 is 38.8 Å². The fraction of sp³-hybridized carbons (Fsp3) is 0.362. The fourth-order valence-electron chi connectivity index (χ4n) is 8.78. The van der Waals surface area contributed by atoms with Crippen LogP contribution in [0.2, 0.25) is 0 Å². The number of unbranched alkanes of at least 4 members (excludes halogenated alkanes) is 1. The first-order valence-corrected chi connectivity index (χ1v) is 21.6. The molecule has 59 heavy (non-hydrogen) atoms. The zero-order chi connectivity index (χ0) is 42.9. The maximum atomic E-state index is 12.9. The summed E-state index contributed by atoms with van der Waals surface area (Å²) >= 11 is 0. The van der Waals surface area contributed by atoms with Crippen LogP contribution in [-0.4, -0.2) is 70.7 Å². The molecule has 3 aromatic rings. The molecule has 1 unspecified atom stereocenters. The number of carbonyl (C=O) groups is 3. The molecule has 0 radical (unpaired) electrons. The molecule has 0 saturated heterocycles. The van der Waals surface area contributed by atoms with Gasteiger partial charge in [-0.05, 0) is 104 Å². The molecule has 0 spiro atoms. The Kier molecular flexibility index (Phi) is 12.4. The van der Waals surface area contributed by atoms with Gasteiger partial charge in [-0.15, -0.1) is 0 Å². The Hall–Kier alpha value is -5.59. The second kappa shape index (κ2) is 16.9. The number of allylic oxidation sites excluding steroid dienone is 8.